The van der Waals surface area contributed by atoms with Gasteiger partial charge in [0.15, 0.2) is 0 Å². The fourth-order valence-electron chi connectivity index (χ4n) is 1.33. The van der Waals surface area contributed by atoms with Gasteiger partial charge in [0.25, 0.3) is 0 Å². The van der Waals surface area contributed by atoms with Gasteiger partial charge in [0, 0.05) is 6.07 Å². The van der Waals surface area contributed by atoms with Gasteiger partial charge in [0.2, 0.25) is 5.89 Å². The van der Waals surface area contributed by atoms with E-state index >= 15 is 0 Å². The zero-order valence-corrected chi connectivity index (χ0v) is 9.19. The Bertz CT molecular complexity index is 473. The molecular weight excluding hydrogens is 206 g/mol. The first-order valence-electron chi connectivity index (χ1n) is 4.90. The van der Waals surface area contributed by atoms with E-state index in [2.05, 4.69) is 20.3 Å². The van der Waals surface area contributed by atoms with Crippen LogP contribution in [0, 0.1) is 13.8 Å². The minimum absolute atomic E-state index is 0.443. The van der Waals surface area contributed by atoms with Crippen molar-refractivity contribution < 1.29 is 4.42 Å². The maximum absolute atomic E-state index is 5.60. The van der Waals surface area contributed by atoms with Crippen molar-refractivity contribution in [3.8, 4) is 0 Å². The molecule has 0 radical (unpaired) electrons. The highest BCUT2D eigenvalue weighted by Crippen LogP contribution is 2.09. The highest BCUT2D eigenvalue weighted by molar-refractivity contribution is 5.44. The molecule has 0 atom stereocenters. The van der Waals surface area contributed by atoms with Crippen LogP contribution in [0.4, 0.5) is 11.6 Å². The summed E-state index contributed by atoms with van der Waals surface area (Å²) in [6.07, 6.45) is 1.68. The number of aryl methyl sites for hydroxylation is 2. The molecule has 0 spiro atoms. The SMILES string of the molecule is Cc1nc(N)cc(NCc2ncc(C)o2)n1. The number of anilines is 2. The van der Waals surface area contributed by atoms with Crippen molar-refractivity contribution in [1.82, 2.24) is 15.0 Å². The Balaban J connectivity index is 2.04. The zero-order chi connectivity index (χ0) is 11.5. The summed E-state index contributed by atoms with van der Waals surface area (Å²) < 4.78 is 5.32. The monoisotopic (exact) mass is 219 g/mol. The Hall–Kier alpha value is -2.11. The minimum atomic E-state index is 0.443. The predicted octanol–water partition coefficient (Wildman–Crippen LogP) is 1.28. The first-order valence-corrected chi connectivity index (χ1v) is 4.90. The minimum Gasteiger partial charge on any atom is -0.444 e. The lowest BCUT2D eigenvalue weighted by atomic mass is 10.5. The number of nitrogens with two attached hydrogens (primary N) is 1. The molecule has 0 aliphatic rings. The van der Waals surface area contributed by atoms with Crippen LogP contribution in [0.2, 0.25) is 0 Å². The van der Waals surface area contributed by atoms with Crippen LogP contribution in [0.1, 0.15) is 17.5 Å². The third-order valence-corrected chi connectivity index (χ3v) is 1.95. The first kappa shape index (κ1) is 10.4. The average Bonchev–Trinajstić information content (AvgIpc) is 2.60. The smallest absolute Gasteiger partial charge is 0.213 e. The van der Waals surface area contributed by atoms with Crippen molar-refractivity contribution in [2.45, 2.75) is 20.4 Å². The molecule has 3 N–H and O–H groups in total. The fourth-order valence-corrected chi connectivity index (χ4v) is 1.33. The number of rotatable bonds is 3. The summed E-state index contributed by atoms with van der Waals surface area (Å²) in [6, 6.07) is 1.67. The Morgan fingerprint density at radius 2 is 2.19 bits per heavy atom. The second-order valence-electron chi connectivity index (χ2n) is 3.44. The van der Waals surface area contributed by atoms with E-state index in [4.69, 9.17) is 10.2 Å². The van der Waals surface area contributed by atoms with Gasteiger partial charge in [-0.2, -0.15) is 0 Å². The Morgan fingerprint density at radius 3 is 2.81 bits per heavy atom. The topological polar surface area (TPSA) is 89.9 Å². The van der Waals surface area contributed by atoms with E-state index < -0.39 is 0 Å². The molecule has 0 aliphatic heterocycles. The van der Waals surface area contributed by atoms with Crippen LogP contribution in [-0.4, -0.2) is 15.0 Å². The van der Waals surface area contributed by atoms with Gasteiger partial charge in [0.1, 0.15) is 23.2 Å². The molecule has 84 valence electrons. The third-order valence-electron chi connectivity index (χ3n) is 1.95. The van der Waals surface area contributed by atoms with Gasteiger partial charge in [-0.15, -0.1) is 0 Å². The highest BCUT2D eigenvalue weighted by atomic mass is 16.4. The molecule has 0 amide bonds. The highest BCUT2D eigenvalue weighted by Gasteiger charge is 2.02. The maximum atomic E-state index is 5.60. The second-order valence-corrected chi connectivity index (χ2v) is 3.44. The van der Waals surface area contributed by atoms with E-state index in [0.717, 1.165) is 5.76 Å². The van der Waals surface area contributed by atoms with Crippen LogP contribution in [0.25, 0.3) is 0 Å². The quantitative estimate of drug-likeness (QED) is 0.808. The first-order chi connectivity index (χ1) is 7.63. The van der Waals surface area contributed by atoms with Crippen molar-refractivity contribution in [2.24, 2.45) is 0 Å². The lowest BCUT2D eigenvalue weighted by Crippen LogP contribution is -2.04. The van der Waals surface area contributed by atoms with E-state index in [1.807, 2.05) is 6.92 Å². The molecule has 2 heterocycles. The fraction of sp³-hybridized carbons (Fsp3) is 0.300. The van der Waals surface area contributed by atoms with Crippen molar-refractivity contribution >= 4 is 11.6 Å². The molecule has 6 heteroatoms. The van der Waals surface area contributed by atoms with Gasteiger partial charge >= 0.3 is 0 Å². The van der Waals surface area contributed by atoms with Crippen LogP contribution in [0.5, 0.6) is 0 Å². The van der Waals surface area contributed by atoms with Crippen LogP contribution in [0.15, 0.2) is 16.7 Å². The zero-order valence-electron chi connectivity index (χ0n) is 9.19. The van der Waals surface area contributed by atoms with Crippen LogP contribution >= 0.6 is 0 Å². The summed E-state index contributed by atoms with van der Waals surface area (Å²) in [5.41, 5.74) is 5.60. The van der Waals surface area contributed by atoms with Gasteiger partial charge in [-0.05, 0) is 13.8 Å². The van der Waals surface area contributed by atoms with Gasteiger partial charge < -0.3 is 15.5 Å². The number of oxazole rings is 1. The summed E-state index contributed by atoms with van der Waals surface area (Å²) in [5, 5.41) is 3.07. The molecule has 0 aromatic carbocycles. The van der Waals surface area contributed by atoms with Crippen molar-refractivity contribution in [2.75, 3.05) is 11.1 Å². The molecule has 2 aromatic heterocycles. The van der Waals surface area contributed by atoms with Crippen LogP contribution < -0.4 is 11.1 Å². The molecule has 0 fully saturated rings. The lowest BCUT2D eigenvalue weighted by Gasteiger charge is -2.04. The summed E-state index contributed by atoms with van der Waals surface area (Å²) in [6.45, 7) is 4.11. The van der Waals surface area contributed by atoms with Gasteiger partial charge in [0.05, 0.1) is 12.7 Å². The largest absolute Gasteiger partial charge is 0.444 e. The Kier molecular flexibility index (Phi) is 2.72. The van der Waals surface area contributed by atoms with E-state index in [1.54, 1.807) is 19.2 Å². The second kappa shape index (κ2) is 4.18. The number of nitrogens with one attached hydrogen (secondary N) is 1. The average molecular weight is 219 g/mol. The van der Waals surface area contributed by atoms with Crippen molar-refractivity contribution in [1.29, 1.82) is 0 Å². The van der Waals surface area contributed by atoms with E-state index in [9.17, 15) is 0 Å². The molecule has 0 unspecified atom stereocenters. The summed E-state index contributed by atoms with van der Waals surface area (Å²) in [5.74, 6) is 3.15. The molecule has 2 aromatic rings. The van der Waals surface area contributed by atoms with Gasteiger partial charge in [-0.3, -0.25) is 0 Å². The number of nitrogens with zero attached hydrogens (tertiary/aromatic N) is 3. The third kappa shape index (κ3) is 2.47. The standard InChI is InChI=1S/C10H13N5O/c1-6-4-13-10(16-6)5-12-9-3-8(11)14-7(2)15-9/h3-4H,5H2,1-2H3,(H3,11,12,14,15). The normalized spacial score (nSPS) is 10.4. The maximum Gasteiger partial charge on any atom is 0.213 e. The molecule has 0 saturated carbocycles. The lowest BCUT2D eigenvalue weighted by molar-refractivity contribution is 0.479. The van der Waals surface area contributed by atoms with Crippen molar-refractivity contribution in [3.63, 3.8) is 0 Å². The number of hydrogen-bond donors (Lipinski definition) is 2. The van der Waals surface area contributed by atoms with E-state index in [0.29, 0.717) is 29.9 Å². The van der Waals surface area contributed by atoms with Crippen molar-refractivity contribution in [3.05, 3.63) is 29.7 Å². The Labute approximate surface area is 92.9 Å². The van der Waals surface area contributed by atoms with E-state index in [-0.39, 0.29) is 0 Å². The number of hydrogen-bond acceptors (Lipinski definition) is 6. The molecule has 16 heavy (non-hydrogen) atoms. The molecule has 2 rings (SSSR count). The molecule has 6 nitrogen and oxygen atoms in total. The molecule has 0 saturated heterocycles. The molecular formula is C10H13N5O. The number of nitrogen functional groups attached to an aromatic ring is 1. The predicted molar refractivity (Wildman–Crippen MR) is 59.7 cm³/mol. The molecule has 0 bridgehead atoms. The summed E-state index contributed by atoms with van der Waals surface area (Å²) in [4.78, 5) is 12.2. The number of aromatic nitrogens is 3. The van der Waals surface area contributed by atoms with E-state index in [1.165, 1.54) is 0 Å². The Morgan fingerprint density at radius 1 is 1.38 bits per heavy atom. The van der Waals surface area contributed by atoms with Gasteiger partial charge in [-0.1, -0.05) is 0 Å². The van der Waals surface area contributed by atoms with Crippen LogP contribution in [-0.2, 0) is 6.54 Å². The van der Waals surface area contributed by atoms with Crippen LogP contribution in [0.3, 0.4) is 0 Å². The van der Waals surface area contributed by atoms with Gasteiger partial charge in [-0.25, -0.2) is 15.0 Å². The summed E-state index contributed by atoms with van der Waals surface area (Å²) >= 11 is 0. The molecule has 0 aliphatic carbocycles. The summed E-state index contributed by atoms with van der Waals surface area (Å²) in [7, 11) is 0.